The van der Waals surface area contributed by atoms with Crippen LogP contribution in [0.3, 0.4) is 0 Å². The minimum Gasteiger partial charge on any atom is -0.382 e. The van der Waals surface area contributed by atoms with Crippen LogP contribution in [0.2, 0.25) is 0 Å². The summed E-state index contributed by atoms with van der Waals surface area (Å²) in [5, 5.41) is 3.44. The van der Waals surface area contributed by atoms with Gasteiger partial charge in [0.1, 0.15) is 0 Å². The maximum absolute atomic E-state index is 6.17. The zero-order chi connectivity index (χ0) is 13.1. The third-order valence-corrected chi connectivity index (χ3v) is 3.65. The maximum Gasteiger partial charge on any atom is 0.0801 e. The second-order valence-corrected chi connectivity index (χ2v) is 5.05. The number of ether oxygens (including phenoxy) is 1. The summed E-state index contributed by atoms with van der Waals surface area (Å²) in [4.78, 5) is 0. The van der Waals surface area contributed by atoms with Crippen LogP contribution >= 0.6 is 0 Å². The first kappa shape index (κ1) is 12.2. The highest BCUT2D eigenvalue weighted by Gasteiger charge is 2.20. The smallest absolute Gasteiger partial charge is 0.0801 e. The van der Waals surface area contributed by atoms with Crippen molar-refractivity contribution in [2.24, 2.45) is 0 Å². The van der Waals surface area contributed by atoms with Gasteiger partial charge in [0.05, 0.1) is 12.2 Å². The molecule has 2 unspecified atom stereocenters. The van der Waals surface area contributed by atoms with Crippen molar-refractivity contribution in [2.75, 3.05) is 11.9 Å². The summed E-state index contributed by atoms with van der Waals surface area (Å²) in [6.45, 7) is 3.00. The Bertz CT molecular complexity index is 538. The van der Waals surface area contributed by atoms with Crippen molar-refractivity contribution in [2.45, 2.75) is 25.6 Å². The molecule has 1 heterocycles. The summed E-state index contributed by atoms with van der Waals surface area (Å²) in [5.74, 6) is 0. The van der Waals surface area contributed by atoms with Gasteiger partial charge in [-0.05, 0) is 24.1 Å². The normalized spacial score (nSPS) is 19.3. The summed E-state index contributed by atoms with van der Waals surface area (Å²) < 4.78 is 6.17. The molecule has 2 heteroatoms. The van der Waals surface area contributed by atoms with Gasteiger partial charge in [-0.2, -0.15) is 0 Å². The van der Waals surface area contributed by atoms with E-state index in [1.54, 1.807) is 0 Å². The Morgan fingerprint density at radius 3 is 2.63 bits per heavy atom. The van der Waals surface area contributed by atoms with Crippen molar-refractivity contribution in [3.05, 3.63) is 65.7 Å². The van der Waals surface area contributed by atoms with Crippen LogP contribution in [0, 0.1) is 0 Å². The van der Waals surface area contributed by atoms with Gasteiger partial charge in [-0.3, -0.25) is 0 Å². The Balaban J connectivity index is 1.66. The highest BCUT2D eigenvalue weighted by molar-refractivity contribution is 5.53. The molecule has 0 saturated carbocycles. The lowest BCUT2D eigenvalue weighted by Crippen LogP contribution is -2.31. The molecule has 0 radical (unpaired) electrons. The minimum absolute atomic E-state index is 0.137. The molecule has 19 heavy (non-hydrogen) atoms. The quantitative estimate of drug-likeness (QED) is 0.898. The van der Waals surface area contributed by atoms with Gasteiger partial charge >= 0.3 is 0 Å². The number of hydrogen-bond acceptors (Lipinski definition) is 2. The predicted octanol–water partition coefficient (Wildman–Crippen LogP) is 3.80. The van der Waals surface area contributed by atoms with Crippen molar-refractivity contribution >= 4 is 5.69 Å². The minimum atomic E-state index is 0.137. The van der Waals surface area contributed by atoms with Gasteiger partial charge in [-0.15, -0.1) is 0 Å². The summed E-state index contributed by atoms with van der Waals surface area (Å²) in [5.41, 5.74) is 3.83. The van der Waals surface area contributed by atoms with Crippen molar-refractivity contribution in [1.29, 1.82) is 0 Å². The van der Waals surface area contributed by atoms with E-state index in [0.29, 0.717) is 0 Å². The van der Waals surface area contributed by atoms with Crippen LogP contribution in [0.25, 0.3) is 0 Å². The van der Waals surface area contributed by atoms with Crippen LogP contribution in [0.15, 0.2) is 54.6 Å². The molecule has 0 fully saturated rings. The molecular weight excluding hydrogens is 234 g/mol. The Morgan fingerprint density at radius 2 is 1.79 bits per heavy atom. The summed E-state index contributed by atoms with van der Waals surface area (Å²) >= 11 is 0. The van der Waals surface area contributed by atoms with Gasteiger partial charge in [0.15, 0.2) is 0 Å². The number of rotatable bonds is 3. The molecule has 1 aliphatic rings. The molecule has 2 atom stereocenters. The van der Waals surface area contributed by atoms with Crippen LogP contribution in [0.1, 0.15) is 24.2 Å². The monoisotopic (exact) mass is 253 g/mol. The zero-order valence-corrected chi connectivity index (χ0v) is 11.2. The van der Waals surface area contributed by atoms with Crippen molar-refractivity contribution in [1.82, 2.24) is 0 Å². The lowest BCUT2D eigenvalue weighted by molar-refractivity contribution is 0.00291. The number of benzene rings is 2. The van der Waals surface area contributed by atoms with E-state index in [-0.39, 0.29) is 12.2 Å². The lowest BCUT2D eigenvalue weighted by Gasteiger charge is -2.28. The van der Waals surface area contributed by atoms with Crippen LogP contribution in [0.4, 0.5) is 5.69 Å². The van der Waals surface area contributed by atoms with E-state index in [9.17, 15) is 0 Å². The average molecular weight is 253 g/mol. The molecule has 0 saturated heterocycles. The Hall–Kier alpha value is -1.80. The fourth-order valence-electron chi connectivity index (χ4n) is 2.60. The van der Waals surface area contributed by atoms with Crippen LogP contribution in [-0.2, 0) is 11.2 Å². The first-order valence-corrected chi connectivity index (χ1v) is 6.85. The van der Waals surface area contributed by atoms with Gasteiger partial charge < -0.3 is 10.1 Å². The number of para-hydroxylation sites is 1. The molecule has 0 spiro atoms. The molecule has 3 rings (SSSR count). The number of nitrogens with one attached hydrogen (secondary N) is 1. The van der Waals surface area contributed by atoms with Gasteiger partial charge in [0.25, 0.3) is 0 Å². The van der Waals surface area contributed by atoms with Crippen molar-refractivity contribution in [3.63, 3.8) is 0 Å². The number of hydrogen-bond donors (Lipinski definition) is 1. The second-order valence-electron chi connectivity index (χ2n) is 5.05. The summed E-state index contributed by atoms with van der Waals surface area (Å²) in [7, 11) is 0. The van der Waals surface area contributed by atoms with Crippen LogP contribution in [0.5, 0.6) is 0 Å². The van der Waals surface area contributed by atoms with E-state index < -0.39 is 0 Å². The highest BCUT2D eigenvalue weighted by atomic mass is 16.5. The van der Waals surface area contributed by atoms with Crippen molar-refractivity contribution in [3.8, 4) is 0 Å². The highest BCUT2D eigenvalue weighted by Crippen LogP contribution is 2.26. The van der Waals surface area contributed by atoms with Gasteiger partial charge in [0, 0.05) is 18.7 Å². The molecular formula is C17H19NO. The summed E-state index contributed by atoms with van der Waals surface area (Å²) in [6, 6.07) is 18.9. The Kier molecular flexibility index (Phi) is 3.51. The van der Waals surface area contributed by atoms with E-state index in [4.69, 9.17) is 4.74 Å². The second kappa shape index (κ2) is 5.45. The largest absolute Gasteiger partial charge is 0.382 e. The van der Waals surface area contributed by atoms with E-state index in [1.807, 2.05) is 6.07 Å². The first-order chi connectivity index (χ1) is 9.33. The molecule has 0 bridgehead atoms. The Morgan fingerprint density at radius 1 is 1.05 bits per heavy atom. The first-order valence-electron chi connectivity index (χ1n) is 6.85. The summed E-state index contributed by atoms with van der Waals surface area (Å²) in [6.07, 6.45) is 1.36. The molecule has 0 amide bonds. The molecule has 0 aliphatic carbocycles. The van der Waals surface area contributed by atoms with Crippen molar-refractivity contribution < 1.29 is 4.74 Å². The Labute approximate surface area is 114 Å². The molecule has 1 aliphatic heterocycles. The maximum atomic E-state index is 6.17. The van der Waals surface area contributed by atoms with Crippen LogP contribution < -0.4 is 5.32 Å². The molecule has 98 valence electrons. The average Bonchev–Trinajstić information content (AvgIpc) is 2.48. The lowest BCUT2D eigenvalue weighted by atomic mass is 10.0. The van der Waals surface area contributed by atoms with E-state index >= 15 is 0 Å². The van der Waals surface area contributed by atoms with Crippen LogP contribution in [-0.4, -0.2) is 12.6 Å². The standard InChI is InChI=1S/C17H19NO/c1-13(14-7-3-2-4-8-14)19-16-11-15-9-5-6-10-17(15)18-12-16/h2-10,13,16,18H,11-12H2,1H3. The third-order valence-electron chi connectivity index (χ3n) is 3.65. The molecule has 2 aromatic carbocycles. The molecule has 2 nitrogen and oxygen atoms in total. The van der Waals surface area contributed by atoms with Gasteiger partial charge in [0.2, 0.25) is 0 Å². The zero-order valence-electron chi connectivity index (χ0n) is 11.2. The van der Waals surface area contributed by atoms with E-state index in [0.717, 1.165) is 13.0 Å². The SMILES string of the molecule is CC(OC1CNc2ccccc2C1)c1ccccc1. The molecule has 1 N–H and O–H groups in total. The topological polar surface area (TPSA) is 21.3 Å². The predicted molar refractivity (Wildman–Crippen MR) is 78.4 cm³/mol. The fourth-order valence-corrected chi connectivity index (χ4v) is 2.60. The van der Waals surface area contributed by atoms with Gasteiger partial charge in [-0.1, -0.05) is 48.5 Å². The number of fused-ring (bicyclic) bond motifs is 1. The fraction of sp³-hybridized carbons (Fsp3) is 0.294. The molecule has 2 aromatic rings. The van der Waals surface area contributed by atoms with E-state index in [1.165, 1.54) is 16.8 Å². The molecule has 0 aromatic heterocycles. The van der Waals surface area contributed by atoms with Gasteiger partial charge in [-0.25, -0.2) is 0 Å². The number of anilines is 1. The third kappa shape index (κ3) is 2.79. The van der Waals surface area contributed by atoms with E-state index in [2.05, 4.69) is 60.8 Å².